The van der Waals surface area contributed by atoms with Crippen molar-refractivity contribution in [3.63, 3.8) is 0 Å². The quantitative estimate of drug-likeness (QED) is 0.790. The second kappa shape index (κ2) is 6.21. The van der Waals surface area contributed by atoms with Crippen molar-refractivity contribution in [2.45, 2.75) is 39.3 Å². The minimum absolute atomic E-state index is 0.0140. The van der Waals surface area contributed by atoms with Gasteiger partial charge < -0.3 is 15.2 Å². The fourth-order valence-electron chi connectivity index (χ4n) is 1.35. The highest BCUT2D eigenvalue weighted by molar-refractivity contribution is 5.85. The molecule has 1 aromatic rings. The summed E-state index contributed by atoms with van der Waals surface area (Å²) in [6.45, 7) is 6.36. The lowest BCUT2D eigenvalue weighted by Gasteiger charge is -2.19. The summed E-state index contributed by atoms with van der Waals surface area (Å²) in [6, 6.07) is 1.43. The molecule has 106 valence electrons. The minimum atomic E-state index is -1.05. The molecule has 7 nitrogen and oxygen atoms in total. The molecular formula is C12H19N3O4. The second-order valence-corrected chi connectivity index (χ2v) is 5.05. The van der Waals surface area contributed by atoms with Crippen LogP contribution in [0.25, 0.3) is 0 Å². The minimum Gasteiger partial charge on any atom is -0.476 e. The summed E-state index contributed by atoms with van der Waals surface area (Å²) >= 11 is 0. The van der Waals surface area contributed by atoms with Crippen LogP contribution in [0.5, 0.6) is 0 Å². The SMILES string of the molecule is CC(C)(C)OC(=O)NCCCn1ccc(C(=O)O)n1. The maximum atomic E-state index is 11.3. The van der Waals surface area contributed by atoms with Crippen LogP contribution in [-0.2, 0) is 11.3 Å². The number of carboxylic acid groups (broad SMARTS) is 1. The van der Waals surface area contributed by atoms with E-state index >= 15 is 0 Å². The summed E-state index contributed by atoms with van der Waals surface area (Å²) in [4.78, 5) is 21.9. The number of ether oxygens (including phenoxy) is 1. The van der Waals surface area contributed by atoms with Crippen LogP contribution in [0.2, 0.25) is 0 Å². The summed E-state index contributed by atoms with van der Waals surface area (Å²) in [5, 5.41) is 15.2. The summed E-state index contributed by atoms with van der Waals surface area (Å²) in [7, 11) is 0. The Kier molecular flexibility index (Phi) is 4.91. The Labute approximate surface area is 111 Å². The zero-order chi connectivity index (χ0) is 14.5. The molecule has 1 amide bonds. The monoisotopic (exact) mass is 269 g/mol. The number of nitrogens with zero attached hydrogens (tertiary/aromatic N) is 2. The summed E-state index contributed by atoms with van der Waals surface area (Å²) in [5.41, 5.74) is -0.497. The Hall–Kier alpha value is -2.05. The van der Waals surface area contributed by atoms with Gasteiger partial charge in [0.25, 0.3) is 0 Å². The van der Waals surface area contributed by atoms with E-state index in [1.165, 1.54) is 10.7 Å². The molecule has 0 aliphatic rings. The van der Waals surface area contributed by atoms with E-state index in [0.717, 1.165) is 0 Å². The number of carbonyl (C=O) groups excluding carboxylic acids is 1. The summed E-state index contributed by atoms with van der Waals surface area (Å²) < 4.78 is 6.60. The van der Waals surface area contributed by atoms with Crippen molar-refractivity contribution in [1.82, 2.24) is 15.1 Å². The smallest absolute Gasteiger partial charge is 0.407 e. The van der Waals surface area contributed by atoms with E-state index in [-0.39, 0.29) is 5.69 Å². The lowest BCUT2D eigenvalue weighted by molar-refractivity contribution is 0.0526. The standard InChI is InChI=1S/C12H19N3O4/c1-12(2,3)19-11(18)13-6-4-7-15-8-5-9(14-15)10(16)17/h5,8H,4,6-7H2,1-3H3,(H,13,18)(H,16,17). The molecule has 0 aliphatic heterocycles. The van der Waals surface area contributed by atoms with Crippen LogP contribution in [0, 0.1) is 0 Å². The van der Waals surface area contributed by atoms with Gasteiger partial charge in [-0.3, -0.25) is 4.68 Å². The van der Waals surface area contributed by atoms with Gasteiger partial charge in [-0.15, -0.1) is 0 Å². The fourth-order valence-corrected chi connectivity index (χ4v) is 1.35. The number of aryl methyl sites for hydroxylation is 1. The molecule has 0 atom stereocenters. The first-order valence-corrected chi connectivity index (χ1v) is 6.01. The third kappa shape index (κ3) is 5.89. The Morgan fingerprint density at radius 1 is 1.47 bits per heavy atom. The molecule has 1 heterocycles. The predicted octanol–water partition coefficient (Wildman–Crippen LogP) is 1.50. The topological polar surface area (TPSA) is 93.5 Å². The first kappa shape index (κ1) is 15.0. The van der Waals surface area contributed by atoms with Crippen LogP contribution in [-0.4, -0.2) is 39.1 Å². The maximum absolute atomic E-state index is 11.3. The number of amides is 1. The molecule has 1 aromatic heterocycles. The van der Waals surface area contributed by atoms with E-state index in [1.807, 2.05) is 0 Å². The van der Waals surface area contributed by atoms with Crippen molar-refractivity contribution in [2.24, 2.45) is 0 Å². The number of carbonyl (C=O) groups is 2. The highest BCUT2D eigenvalue weighted by Gasteiger charge is 2.15. The number of aromatic carboxylic acids is 1. The predicted molar refractivity (Wildman–Crippen MR) is 68.0 cm³/mol. The molecule has 0 saturated heterocycles. The van der Waals surface area contributed by atoms with Crippen molar-refractivity contribution in [2.75, 3.05) is 6.54 Å². The Morgan fingerprint density at radius 2 is 2.16 bits per heavy atom. The first-order valence-electron chi connectivity index (χ1n) is 6.01. The third-order valence-corrected chi connectivity index (χ3v) is 2.09. The maximum Gasteiger partial charge on any atom is 0.407 e. The zero-order valence-corrected chi connectivity index (χ0v) is 11.3. The van der Waals surface area contributed by atoms with Crippen LogP contribution in [0.1, 0.15) is 37.7 Å². The van der Waals surface area contributed by atoms with E-state index in [0.29, 0.717) is 19.5 Å². The molecule has 1 rings (SSSR count). The Morgan fingerprint density at radius 3 is 2.68 bits per heavy atom. The van der Waals surface area contributed by atoms with Crippen LogP contribution >= 0.6 is 0 Å². The van der Waals surface area contributed by atoms with Crippen LogP contribution in [0.15, 0.2) is 12.3 Å². The van der Waals surface area contributed by atoms with Gasteiger partial charge in [0.15, 0.2) is 5.69 Å². The van der Waals surface area contributed by atoms with Gasteiger partial charge in [-0.2, -0.15) is 5.10 Å². The molecule has 0 bridgehead atoms. The number of aromatic nitrogens is 2. The number of hydrogen-bond donors (Lipinski definition) is 2. The van der Waals surface area contributed by atoms with Crippen molar-refractivity contribution >= 4 is 12.1 Å². The van der Waals surface area contributed by atoms with E-state index in [9.17, 15) is 9.59 Å². The van der Waals surface area contributed by atoms with Gasteiger partial charge in [0.1, 0.15) is 5.60 Å². The van der Waals surface area contributed by atoms with E-state index < -0.39 is 17.7 Å². The van der Waals surface area contributed by atoms with Crippen molar-refractivity contribution < 1.29 is 19.4 Å². The van der Waals surface area contributed by atoms with E-state index in [1.54, 1.807) is 27.0 Å². The van der Waals surface area contributed by atoms with Gasteiger partial charge in [-0.05, 0) is 33.3 Å². The molecule has 0 spiro atoms. The average molecular weight is 269 g/mol. The Balaban J connectivity index is 2.23. The molecule has 19 heavy (non-hydrogen) atoms. The van der Waals surface area contributed by atoms with E-state index in [4.69, 9.17) is 9.84 Å². The molecule has 0 radical (unpaired) electrons. The van der Waals surface area contributed by atoms with Gasteiger partial charge in [0.2, 0.25) is 0 Å². The van der Waals surface area contributed by atoms with Crippen LogP contribution < -0.4 is 5.32 Å². The van der Waals surface area contributed by atoms with Crippen molar-refractivity contribution in [1.29, 1.82) is 0 Å². The molecule has 0 aromatic carbocycles. The van der Waals surface area contributed by atoms with Gasteiger partial charge in [0.05, 0.1) is 0 Å². The normalized spacial score (nSPS) is 11.1. The molecule has 0 unspecified atom stereocenters. The lowest BCUT2D eigenvalue weighted by Crippen LogP contribution is -2.33. The number of alkyl carbamates (subject to hydrolysis) is 1. The zero-order valence-electron chi connectivity index (χ0n) is 11.3. The fraction of sp³-hybridized carbons (Fsp3) is 0.583. The highest BCUT2D eigenvalue weighted by Crippen LogP contribution is 2.06. The van der Waals surface area contributed by atoms with Gasteiger partial charge in [-0.1, -0.05) is 0 Å². The Bertz CT molecular complexity index is 448. The lowest BCUT2D eigenvalue weighted by atomic mass is 10.2. The second-order valence-electron chi connectivity index (χ2n) is 5.05. The highest BCUT2D eigenvalue weighted by atomic mass is 16.6. The largest absolute Gasteiger partial charge is 0.476 e. The van der Waals surface area contributed by atoms with Gasteiger partial charge in [0, 0.05) is 19.3 Å². The first-order chi connectivity index (χ1) is 8.78. The molecule has 0 saturated carbocycles. The van der Waals surface area contributed by atoms with Crippen molar-refractivity contribution in [3.8, 4) is 0 Å². The molecule has 2 N–H and O–H groups in total. The number of rotatable bonds is 5. The van der Waals surface area contributed by atoms with Gasteiger partial charge >= 0.3 is 12.1 Å². The number of carboxylic acids is 1. The molecule has 0 aliphatic carbocycles. The number of nitrogens with one attached hydrogen (secondary N) is 1. The van der Waals surface area contributed by atoms with Gasteiger partial charge in [-0.25, -0.2) is 9.59 Å². The van der Waals surface area contributed by atoms with Crippen molar-refractivity contribution in [3.05, 3.63) is 18.0 Å². The molecule has 7 heteroatoms. The third-order valence-electron chi connectivity index (χ3n) is 2.09. The molecular weight excluding hydrogens is 250 g/mol. The molecule has 0 fully saturated rings. The van der Waals surface area contributed by atoms with Crippen LogP contribution in [0.4, 0.5) is 4.79 Å². The number of hydrogen-bond acceptors (Lipinski definition) is 4. The summed E-state index contributed by atoms with van der Waals surface area (Å²) in [6.07, 6.45) is 1.77. The average Bonchev–Trinajstić information content (AvgIpc) is 2.70. The van der Waals surface area contributed by atoms with E-state index in [2.05, 4.69) is 10.4 Å². The summed E-state index contributed by atoms with van der Waals surface area (Å²) in [5.74, 6) is -1.05. The van der Waals surface area contributed by atoms with Crippen LogP contribution in [0.3, 0.4) is 0 Å².